The lowest BCUT2D eigenvalue weighted by molar-refractivity contribution is 0.1000. The first-order valence-electron chi connectivity index (χ1n) is 7.53. The molecular formula is C16H22N2OS. The highest BCUT2D eigenvalue weighted by Gasteiger charge is 2.34. The lowest BCUT2D eigenvalue weighted by Gasteiger charge is -2.44. The third-order valence-electron chi connectivity index (χ3n) is 4.42. The summed E-state index contributed by atoms with van der Waals surface area (Å²) >= 11 is 1.94. The number of nitrogens with zero attached hydrogens (tertiary/aromatic N) is 1. The number of benzene rings is 1. The fourth-order valence-electron chi connectivity index (χ4n) is 3.11. The van der Waals surface area contributed by atoms with E-state index in [4.69, 9.17) is 5.73 Å². The Labute approximate surface area is 124 Å². The molecule has 0 radical (unpaired) electrons. The highest BCUT2D eigenvalue weighted by Crippen LogP contribution is 2.39. The van der Waals surface area contributed by atoms with Crippen LogP contribution in [-0.4, -0.2) is 35.2 Å². The van der Waals surface area contributed by atoms with Crippen LogP contribution in [0.25, 0.3) is 0 Å². The lowest BCUT2D eigenvalue weighted by atomic mass is 9.89. The Bertz CT molecular complexity index is 462. The maximum absolute atomic E-state index is 11.0. The van der Waals surface area contributed by atoms with Gasteiger partial charge < -0.3 is 10.6 Å². The number of carbonyl (C=O) groups is 1. The molecular weight excluding hydrogens is 268 g/mol. The molecule has 4 heteroatoms. The maximum Gasteiger partial charge on any atom is 0.248 e. The number of amides is 1. The number of hydrogen-bond acceptors (Lipinski definition) is 3. The van der Waals surface area contributed by atoms with Crippen LogP contribution in [0.5, 0.6) is 0 Å². The molecule has 0 aromatic heterocycles. The molecule has 1 aromatic carbocycles. The summed E-state index contributed by atoms with van der Waals surface area (Å²) in [6.45, 7) is 2.60. The first-order chi connectivity index (χ1) is 9.72. The van der Waals surface area contributed by atoms with Crippen LogP contribution >= 0.6 is 11.8 Å². The van der Waals surface area contributed by atoms with Gasteiger partial charge in [-0.05, 0) is 63.0 Å². The molecule has 20 heavy (non-hydrogen) atoms. The molecule has 0 atom stereocenters. The van der Waals surface area contributed by atoms with Gasteiger partial charge in [0.25, 0.3) is 0 Å². The Kier molecular flexibility index (Phi) is 4.32. The van der Waals surface area contributed by atoms with Crippen LogP contribution in [0.2, 0.25) is 0 Å². The van der Waals surface area contributed by atoms with E-state index in [0.29, 0.717) is 5.56 Å². The Morgan fingerprint density at radius 3 is 2.35 bits per heavy atom. The zero-order chi connectivity index (χ0) is 13.9. The van der Waals surface area contributed by atoms with E-state index in [1.54, 1.807) is 0 Å². The Morgan fingerprint density at radius 1 is 1.10 bits per heavy atom. The van der Waals surface area contributed by atoms with Gasteiger partial charge in [-0.15, -0.1) is 11.8 Å². The zero-order valence-corrected chi connectivity index (χ0v) is 12.6. The van der Waals surface area contributed by atoms with Crippen LogP contribution in [0.1, 0.15) is 42.5 Å². The van der Waals surface area contributed by atoms with E-state index < -0.39 is 0 Å². The molecule has 3 rings (SSSR count). The minimum atomic E-state index is -0.352. The van der Waals surface area contributed by atoms with E-state index in [9.17, 15) is 4.79 Å². The number of primary amides is 1. The molecule has 1 aliphatic heterocycles. The first kappa shape index (κ1) is 14.0. The third-order valence-corrected chi connectivity index (χ3v) is 5.68. The van der Waals surface area contributed by atoms with Crippen molar-refractivity contribution >= 4 is 17.7 Å². The van der Waals surface area contributed by atoms with Crippen LogP contribution < -0.4 is 5.73 Å². The first-order valence-corrected chi connectivity index (χ1v) is 8.41. The molecule has 2 fully saturated rings. The minimum absolute atomic E-state index is 0.352. The Hall–Kier alpha value is -1.00. The summed E-state index contributed by atoms with van der Waals surface area (Å²) in [5, 5.41) is 0.737. The van der Waals surface area contributed by atoms with Crippen molar-refractivity contribution in [2.75, 3.05) is 13.1 Å². The van der Waals surface area contributed by atoms with Crippen LogP contribution in [0, 0.1) is 0 Å². The second-order valence-corrected chi connectivity index (χ2v) is 7.22. The average molecular weight is 290 g/mol. The van der Waals surface area contributed by atoms with Gasteiger partial charge in [0.1, 0.15) is 0 Å². The van der Waals surface area contributed by atoms with Gasteiger partial charge >= 0.3 is 0 Å². The number of carbonyl (C=O) groups excluding carboxylic acids is 1. The van der Waals surface area contributed by atoms with Crippen molar-refractivity contribution in [1.29, 1.82) is 0 Å². The van der Waals surface area contributed by atoms with Crippen molar-refractivity contribution in [2.45, 2.75) is 48.3 Å². The minimum Gasteiger partial charge on any atom is -0.366 e. The van der Waals surface area contributed by atoms with Crippen LogP contribution in [0.3, 0.4) is 0 Å². The monoisotopic (exact) mass is 290 g/mol. The second kappa shape index (κ2) is 6.19. The van der Waals surface area contributed by atoms with Crippen molar-refractivity contribution in [1.82, 2.24) is 4.90 Å². The van der Waals surface area contributed by atoms with E-state index in [2.05, 4.69) is 4.90 Å². The largest absolute Gasteiger partial charge is 0.366 e. The van der Waals surface area contributed by atoms with Crippen molar-refractivity contribution in [3.63, 3.8) is 0 Å². The predicted octanol–water partition coefficient (Wildman–Crippen LogP) is 2.89. The smallest absolute Gasteiger partial charge is 0.248 e. The van der Waals surface area contributed by atoms with E-state index in [1.807, 2.05) is 36.0 Å². The highest BCUT2D eigenvalue weighted by atomic mass is 32.2. The molecule has 0 bridgehead atoms. The molecule has 0 unspecified atom stereocenters. The maximum atomic E-state index is 11.0. The Balaban J connectivity index is 1.47. The molecule has 1 amide bonds. The number of nitrogens with two attached hydrogens (primary N) is 1. The van der Waals surface area contributed by atoms with Gasteiger partial charge in [-0.1, -0.05) is 6.42 Å². The standard InChI is InChI=1S/C16H22N2OS/c17-16(19)12-4-6-14(7-5-12)20-15-10-13(11-15)18-8-2-1-3-9-18/h4-7,13,15H,1-3,8-11H2,(H2,17,19)/t13-,15-. The number of piperidine rings is 1. The molecule has 3 nitrogen and oxygen atoms in total. The summed E-state index contributed by atoms with van der Waals surface area (Å²) in [7, 11) is 0. The molecule has 1 aliphatic carbocycles. The van der Waals surface area contributed by atoms with Crippen LogP contribution in [-0.2, 0) is 0 Å². The predicted molar refractivity (Wildman–Crippen MR) is 83.1 cm³/mol. The lowest BCUT2D eigenvalue weighted by Crippen LogP contribution is -2.48. The molecule has 108 valence electrons. The topological polar surface area (TPSA) is 46.3 Å². The zero-order valence-electron chi connectivity index (χ0n) is 11.8. The number of hydrogen-bond donors (Lipinski definition) is 1. The van der Waals surface area contributed by atoms with E-state index in [-0.39, 0.29) is 5.91 Å². The molecule has 2 N–H and O–H groups in total. The molecule has 0 spiro atoms. The summed E-state index contributed by atoms with van der Waals surface area (Å²) in [5.74, 6) is -0.352. The fourth-order valence-corrected chi connectivity index (χ4v) is 4.42. The Morgan fingerprint density at radius 2 is 1.75 bits per heavy atom. The molecule has 1 saturated carbocycles. The normalized spacial score (nSPS) is 27.0. The fraction of sp³-hybridized carbons (Fsp3) is 0.562. The average Bonchev–Trinajstić information content (AvgIpc) is 2.44. The van der Waals surface area contributed by atoms with Crippen molar-refractivity contribution in [3.8, 4) is 0 Å². The van der Waals surface area contributed by atoms with Gasteiger partial charge in [0.2, 0.25) is 5.91 Å². The second-order valence-electron chi connectivity index (χ2n) is 5.85. The molecule has 1 aromatic rings. The summed E-state index contributed by atoms with van der Waals surface area (Å²) < 4.78 is 0. The van der Waals surface area contributed by atoms with Crippen molar-refractivity contribution in [2.24, 2.45) is 5.73 Å². The van der Waals surface area contributed by atoms with E-state index >= 15 is 0 Å². The number of likely N-dealkylation sites (tertiary alicyclic amines) is 1. The molecule has 1 saturated heterocycles. The van der Waals surface area contributed by atoms with Crippen molar-refractivity contribution in [3.05, 3.63) is 29.8 Å². The van der Waals surface area contributed by atoms with Gasteiger partial charge in [-0.2, -0.15) is 0 Å². The quantitative estimate of drug-likeness (QED) is 0.927. The summed E-state index contributed by atoms with van der Waals surface area (Å²) in [5.41, 5.74) is 5.84. The summed E-state index contributed by atoms with van der Waals surface area (Å²) in [6.07, 6.45) is 6.78. The summed E-state index contributed by atoms with van der Waals surface area (Å²) in [6, 6.07) is 8.49. The van der Waals surface area contributed by atoms with E-state index in [1.165, 1.54) is 50.1 Å². The van der Waals surface area contributed by atoms with E-state index in [0.717, 1.165) is 11.3 Å². The molecule has 1 heterocycles. The SMILES string of the molecule is NC(=O)c1ccc(S[C@H]2C[C@H](N3CCCCC3)C2)cc1. The van der Waals surface area contributed by atoms with Gasteiger partial charge in [0, 0.05) is 21.8 Å². The van der Waals surface area contributed by atoms with Crippen LogP contribution in [0.15, 0.2) is 29.2 Å². The summed E-state index contributed by atoms with van der Waals surface area (Å²) in [4.78, 5) is 15.0. The van der Waals surface area contributed by atoms with Crippen molar-refractivity contribution < 1.29 is 4.79 Å². The van der Waals surface area contributed by atoms with Crippen LogP contribution in [0.4, 0.5) is 0 Å². The highest BCUT2D eigenvalue weighted by molar-refractivity contribution is 8.00. The number of thioether (sulfide) groups is 1. The van der Waals surface area contributed by atoms with Gasteiger partial charge in [0.15, 0.2) is 0 Å². The van der Waals surface area contributed by atoms with Gasteiger partial charge in [0.05, 0.1) is 0 Å². The molecule has 2 aliphatic rings. The van der Waals surface area contributed by atoms with Gasteiger partial charge in [-0.25, -0.2) is 0 Å². The third kappa shape index (κ3) is 3.18. The van der Waals surface area contributed by atoms with Gasteiger partial charge in [-0.3, -0.25) is 4.79 Å². The number of rotatable bonds is 4.